The zero-order valence-electron chi connectivity index (χ0n) is 11.6. The van der Waals surface area contributed by atoms with E-state index in [1.165, 1.54) is 0 Å². The number of esters is 1. The van der Waals surface area contributed by atoms with Gasteiger partial charge >= 0.3 is 5.97 Å². The Labute approximate surface area is 104 Å². The molecule has 0 aromatic heterocycles. The maximum absolute atomic E-state index is 12.0. The molecule has 1 saturated carbocycles. The maximum Gasteiger partial charge on any atom is 0.326 e. The number of rotatable bonds is 4. The molecule has 0 radical (unpaired) electrons. The van der Waals surface area contributed by atoms with Gasteiger partial charge in [0.15, 0.2) is 0 Å². The van der Waals surface area contributed by atoms with Crippen LogP contribution in [-0.4, -0.2) is 36.9 Å². The van der Waals surface area contributed by atoms with Crippen LogP contribution >= 0.6 is 0 Å². The number of hydrogen-bond acceptors (Lipinski definition) is 4. The van der Waals surface area contributed by atoms with Crippen molar-refractivity contribution in [2.45, 2.75) is 64.2 Å². The molecule has 1 aliphatic carbocycles. The van der Waals surface area contributed by atoms with Crippen molar-refractivity contribution in [3.63, 3.8) is 0 Å². The van der Waals surface area contributed by atoms with Gasteiger partial charge in [-0.05, 0) is 47.6 Å². The summed E-state index contributed by atoms with van der Waals surface area (Å²) in [5.41, 5.74) is -0.713. The largest absolute Gasteiger partial charge is 0.465 e. The fraction of sp³-hybridized carbons (Fsp3) is 0.923. The monoisotopic (exact) mass is 243 g/mol. The Morgan fingerprint density at radius 1 is 1.47 bits per heavy atom. The fourth-order valence-corrected chi connectivity index (χ4v) is 2.38. The summed E-state index contributed by atoms with van der Waals surface area (Å²) in [6, 6.07) is 0. The van der Waals surface area contributed by atoms with Crippen molar-refractivity contribution in [3.05, 3.63) is 0 Å². The molecule has 1 N–H and O–H groups in total. The number of carbonyl (C=O) groups excluding carboxylic acids is 1. The van der Waals surface area contributed by atoms with Crippen LogP contribution in [0.25, 0.3) is 0 Å². The molecule has 0 aromatic rings. The van der Waals surface area contributed by atoms with E-state index in [0.717, 1.165) is 12.8 Å². The van der Waals surface area contributed by atoms with Gasteiger partial charge in [-0.15, -0.1) is 0 Å². The molecule has 1 fully saturated rings. The Morgan fingerprint density at radius 2 is 2.12 bits per heavy atom. The van der Waals surface area contributed by atoms with Crippen molar-refractivity contribution in [1.82, 2.24) is 5.32 Å². The Kier molecular flexibility index (Phi) is 4.55. The quantitative estimate of drug-likeness (QED) is 0.766. The first-order chi connectivity index (χ1) is 7.83. The Morgan fingerprint density at radius 3 is 2.59 bits per heavy atom. The van der Waals surface area contributed by atoms with Crippen molar-refractivity contribution in [3.8, 4) is 0 Å². The number of ether oxygens (including phenoxy) is 2. The number of hydrogen-bond donors (Lipinski definition) is 1. The van der Waals surface area contributed by atoms with Crippen molar-refractivity contribution < 1.29 is 14.3 Å². The van der Waals surface area contributed by atoms with E-state index in [2.05, 4.69) is 5.32 Å². The van der Waals surface area contributed by atoms with Crippen LogP contribution in [0.4, 0.5) is 0 Å². The molecular formula is C13H25NO3. The fourth-order valence-electron chi connectivity index (χ4n) is 2.38. The number of nitrogens with one attached hydrogen (secondary N) is 1. The average molecular weight is 243 g/mol. The molecule has 0 bridgehead atoms. The zero-order chi connectivity index (χ0) is 13.1. The van der Waals surface area contributed by atoms with E-state index < -0.39 is 5.54 Å². The summed E-state index contributed by atoms with van der Waals surface area (Å²) in [5.74, 6) is -0.150. The molecule has 2 atom stereocenters. The summed E-state index contributed by atoms with van der Waals surface area (Å²) in [6.07, 6.45) is 2.51. The minimum absolute atomic E-state index is 0.131. The first-order valence-corrected chi connectivity index (χ1v) is 6.37. The Balaban J connectivity index is 2.64. The zero-order valence-corrected chi connectivity index (χ0v) is 11.6. The van der Waals surface area contributed by atoms with Crippen molar-refractivity contribution >= 4 is 5.97 Å². The summed E-state index contributed by atoms with van der Waals surface area (Å²) < 4.78 is 11.1. The highest BCUT2D eigenvalue weighted by molar-refractivity contribution is 5.81. The third kappa shape index (κ3) is 3.68. The van der Waals surface area contributed by atoms with Crippen molar-refractivity contribution in [2.75, 3.05) is 13.7 Å². The van der Waals surface area contributed by atoms with Gasteiger partial charge in [0, 0.05) is 6.42 Å². The van der Waals surface area contributed by atoms with E-state index in [1.807, 2.05) is 34.7 Å². The van der Waals surface area contributed by atoms with Gasteiger partial charge in [0.2, 0.25) is 0 Å². The maximum atomic E-state index is 12.0. The van der Waals surface area contributed by atoms with Crippen LogP contribution in [-0.2, 0) is 14.3 Å². The van der Waals surface area contributed by atoms with Gasteiger partial charge in [0.1, 0.15) is 5.54 Å². The molecule has 1 aliphatic rings. The molecule has 0 heterocycles. The van der Waals surface area contributed by atoms with Crippen molar-refractivity contribution in [1.29, 1.82) is 0 Å². The van der Waals surface area contributed by atoms with E-state index in [0.29, 0.717) is 13.0 Å². The minimum atomic E-state index is -0.550. The third-order valence-electron chi connectivity index (χ3n) is 3.13. The molecule has 0 saturated heterocycles. The summed E-state index contributed by atoms with van der Waals surface area (Å²) in [6.45, 7) is 8.37. The second-order valence-corrected chi connectivity index (χ2v) is 5.65. The van der Waals surface area contributed by atoms with Crippen LogP contribution in [0.15, 0.2) is 0 Å². The lowest BCUT2D eigenvalue weighted by Crippen LogP contribution is -2.49. The number of carbonyl (C=O) groups is 1. The van der Waals surface area contributed by atoms with E-state index in [4.69, 9.17) is 9.47 Å². The highest BCUT2D eigenvalue weighted by atomic mass is 16.5. The molecule has 100 valence electrons. The van der Waals surface area contributed by atoms with E-state index in [1.54, 1.807) is 0 Å². The van der Waals surface area contributed by atoms with Crippen LogP contribution in [0, 0.1) is 0 Å². The van der Waals surface area contributed by atoms with E-state index >= 15 is 0 Å². The number of likely N-dealkylation sites (N-methyl/N-ethyl adjacent to an activating group) is 1. The predicted molar refractivity (Wildman–Crippen MR) is 66.9 cm³/mol. The van der Waals surface area contributed by atoms with Crippen LogP contribution in [0.3, 0.4) is 0 Å². The van der Waals surface area contributed by atoms with Gasteiger partial charge in [-0.1, -0.05) is 0 Å². The lowest BCUT2D eigenvalue weighted by Gasteiger charge is -2.28. The Bertz CT molecular complexity index is 272. The standard InChI is InChI=1S/C13H25NO3/c1-6-16-11(15)13(14-5)8-7-10(9-13)17-12(2,3)4/h10,14H,6-9H2,1-5H3. The molecule has 0 aliphatic heterocycles. The topological polar surface area (TPSA) is 47.6 Å². The van der Waals surface area contributed by atoms with Crippen molar-refractivity contribution in [2.24, 2.45) is 0 Å². The summed E-state index contributed by atoms with van der Waals surface area (Å²) in [5, 5.41) is 3.12. The molecule has 0 spiro atoms. The molecule has 1 rings (SSSR count). The van der Waals surface area contributed by atoms with Gasteiger partial charge in [-0.2, -0.15) is 0 Å². The molecule has 4 nitrogen and oxygen atoms in total. The highest BCUT2D eigenvalue weighted by Crippen LogP contribution is 2.34. The SMILES string of the molecule is CCOC(=O)C1(NC)CCC(OC(C)(C)C)C1. The average Bonchev–Trinajstić information content (AvgIpc) is 2.60. The molecular weight excluding hydrogens is 218 g/mol. The predicted octanol–water partition coefficient (Wildman–Crippen LogP) is 1.88. The molecule has 0 aromatic carbocycles. The van der Waals surface area contributed by atoms with Gasteiger partial charge < -0.3 is 14.8 Å². The first-order valence-electron chi connectivity index (χ1n) is 6.37. The van der Waals surface area contributed by atoms with Gasteiger partial charge in [-0.3, -0.25) is 4.79 Å². The van der Waals surface area contributed by atoms with Crippen LogP contribution in [0.2, 0.25) is 0 Å². The van der Waals surface area contributed by atoms with Gasteiger partial charge in [0.05, 0.1) is 18.3 Å². The minimum Gasteiger partial charge on any atom is -0.465 e. The summed E-state index contributed by atoms with van der Waals surface area (Å²) in [7, 11) is 1.82. The molecule has 4 heteroatoms. The molecule has 2 unspecified atom stereocenters. The third-order valence-corrected chi connectivity index (χ3v) is 3.13. The molecule has 0 amide bonds. The van der Waals surface area contributed by atoms with Gasteiger partial charge in [-0.25, -0.2) is 0 Å². The Hall–Kier alpha value is -0.610. The normalized spacial score (nSPS) is 29.4. The van der Waals surface area contributed by atoms with E-state index in [9.17, 15) is 4.79 Å². The molecule has 17 heavy (non-hydrogen) atoms. The van der Waals surface area contributed by atoms with Crippen LogP contribution in [0.1, 0.15) is 47.0 Å². The lowest BCUT2D eigenvalue weighted by atomic mass is 9.98. The summed E-state index contributed by atoms with van der Waals surface area (Å²) >= 11 is 0. The van der Waals surface area contributed by atoms with E-state index in [-0.39, 0.29) is 17.7 Å². The van der Waals surface area contributed by atoms with Crippen LogP contribution < -0.4 is 5.32 Å². The van der Waals surface area contributed by atoms with Crippen LogP contribution in [0.5, 0.6) is 0 Å². The highest BCUT2D eigenvalue weighted by Gasteiger charge is 2.46. The summed E-state index contributed by atoms with van der Waals surface area (Å²) in [4.78, 5) is 12.0. The second-order valence-electron chi connectivity index (χ2n) is 5.65. The van der Waals surface area contributed by atoms with Gasteiger partial charge in [0.25, 0.3) is 0 Å². The smallest absolute Gasteiger partial charge is 0.326 e. The lowest BCUT2D eigenvalue weighted by molar-refractivity contribution is -0.151. The second kappa shape index (κ2) is 5.36. The first kappa shape index (κ1) is 14.5.